The fourth-order valence-corrected chi connectivity index (χ4v) is 0.834. The van der Waals surface area contributed by atoms with Crippen LogP contribution in [0.4, 0.5) is 5.69 Å². The van der Waals surface area contributed by atoms with Crippen molar-refractivity contribution in [3.8, 4) is 0 Å². The van der Waals surface area contributed by atoms with Gasteiger partial charge in [-0.3, -0.25) is 4.79 Å². The molecule has 0 fully saturated rings. The van der Waals surface area contributed by atoms with Crippen LogP contribution in [0.1, 0.15) is 10.4 Å². The van der Waals surface area contributed by atoms with Crippen LogP contribution in [0.5, 0.6) is 0 Å². The Morgan fingerprint density at radius 2 is 2.30 bits per heavy atom. The SMILES string of the molecule is O=C1N=Nc2cc[c]cc21. The van der Waals surface area contributed by atoms with Crippen molar-refractivity contribution in [2.24, 2.45) is 10.2 Å². The molecule has 1 aliphatic rings. The zero-order chi connectivity index (χ0) is 6.97. The van der Waals surface area contributed by atoms with Crippen LogP contribution < -0.4 is 0 Å². The summed E-state index contributed by atoms with van der Waals surface area (Å²) in [6, 6.07) is 7.79. The Kier molecular flexibility index (Phi) is 0.917. The van der Waals surface area contributed by atoms with Gasteiger partial charge >= 0.3 is 0 Å². The molecule has 0 aromatic heterocycles. The molecule has 0 bridgehead atoms. The monoisotopic (exact) mass is 131 g/mol. The molecule has 47 valence electrons. The molecule has 1 amide bonds. The number of carbonyl (C=O) groups is 1. The Balaban J connectivity index is 2.70. The van der Waals surface area contributed by atoms with Crippen LogP contribution in [0.25, 0.3) is 0 Å². The molecule has 1 aliphatic heterocycles. The Morgan fingerprint density at radius 3 is 3.10 bits per heavy atom. The molecule has 1 radical (unpaired) electrons. The lowest BCUT2D eigenvalue weighted by molar-refractivity contribution is 0.100. The standard InChI is InChI=1S/C7H3N2O/c10-7-5-3-1-2-4-6(5)8-9-7/h2-4H. The van der Waals surface area contributed by atoms with Crippen LogP contribution in [0.15, 0.2) is 28.4 Å². The molecule has 3 nitrogen and oxygen atoms in total. The van der Waals surface area contributed by atoms with Gasteiger partial charge in [0.1, 0.15) is 0 Å². The molecule has 0 saturated heterocycles. The maximum absolute atomic E-state index is 10.8. The average molecular weight is 131 g/mol. The minimum absolute atomic E-state index is 0.271. The number of fused-ring (bicyclic) bond motifs is 1. The smallest absolute Gasteiger partial charge is 0.265 e. The number of hydrogen-bond acceptors (Lipinski definition) is 2. The molecule has 10 heavy (non-hydrogen) atoms. The number of benzene rings is 1. The Hall–Kier alpha value is -1.51. The van der Waals surface area contributed by atoms with Gasteiger partial charge in [-0.05, 0) is 18.2 Å². The molecule has 0 N–H and O–H groups in total. The summed E-state index contributed by atoms with van der Waals surface area (Å²) in [4.78, 5) is 10.8. The highest BCUT2D eigenvalue weighted by atomic mass is 16.2. The molecule has 0 saturated carbocycles. The molecule has 1 aromatic carbocycles. The largest absolute Gasteiger partial charge is 0.297 e. The highest BCUT2D eigenvalue weighted by Crippen LogP contribution is 2.24. The summed E-state index contributed by atoms with van der Waals surface area (Å²) in [7, 11) is 0. The van der Waals surface area contributed by atoms with Crippen molar-refractivity contribution in [1.82, 2.24) is 0 Å². The van der Waals surface area contributed by atoms with Crippen LogP contribution in [-0.4, -0.2) is 5.91 Å². The third kappa shape index (κ3) is 0.572. The van der Waals surface area contributed by atoms with Crippen LogP contribution in [0, 0.1) is 6.07 Å². The lowest BCUT2D eigenvalue weighted by Crippen LogP contribution is -1.86. The van der Waals surface area contributed by atoms with Crippen molar-refractivity contribution in [1.29, 1.82) is 0 Å². The van der Waals surface area contributed by atoms with Gasteiger partial charge in [-0.15, -0.1) is 10.2 Å². The molecule has 2 rings (SSSR count). The fraction of sp³-hybridized carbons (Fsp3) is 0. The Morgan fingerprint density at radius 1 is 1.40 bits per heavy atom. The minimum Gasteiger partial charge on any atom is -0.265 e. The van der Waals surface area contributed by atoms with Crippen molar-refractivity contribution in [3.05, 3.63) is 29.8 Å². The second-order valence-electron chi connectivity index (χ2n) is 1.95. The Labute approximate surface area is 57.4 Å². The molecular formula is C7H3N2O. The third-order valence-electron chi connectivity index (χ3n) is 1.32. The highest BCUT2D eigenvalue weighted by molar-refractivity contribution is 6.01. The summed E-state index contributed by atoms with van der Waals surface area (Å²) >= 11 is 0. The molecule has 3 heteroatoms. The van der Waals surface area contributed by atoms with Crippen LogP contribution in [-0.2, 0) is 0 Å². The predicted octanol–water partition coefficient (Wildman–Crippen LogP) is 1.72. The summed E-state index contributed by atoms with van der Waals surface area (Å²) in [5.74, 6) is -0.271. The van der Waals surface area contributed by atoms with E-state index < -0.39 is 0 Å². The van der Waals surface area contributed by atoms with E-state index in [2.05, 4.69) is 16.3 Å². The third-order valence-corrected chi connectivity index (χ3v) is 1.32. The first-order chi connectivity index (χ1) is 4.88. The van der Waals surface area contributed by atoms with Gasteiger partial charge in [0, 0.05) is 0 Å². The average Bonchev–Trinajstić information content (AvgIpc) is 2.34. The van der Waals surface area contributed by atoms with Crippen LogP contribution >= 0.6 is 0 Å². The van der Waals surface area contributed by atoms with E-state index in [0.29, 0.717) is 11.3 Å². The van der Waals surface area contributed by atoms with E-state index in [0.717, 1.165) is 0 Å². The number of nitrogens with zero attached hydrogens (tertiary/aromatic N) is 2. The van der Waals surface area contributed by atoms with Gasteiger partial charge in [0.25, 0.3) is 5.91 Å². The predicted molar refractivity (Wildman–Crippen MR) is 34.1 cm³/mol. The lowest BCUT2D eigenvalue weighted by Gasteiger charge is -1.87. The highest BCUT2D eigenvalue weighted by Gasteiger charge is 2.14. The van der Waals surface area contributed by atoms with Gasteiger partial charge in [0.2, 0.25) is 0 Å². The van der Waals surface area contributed by atoms with E-state index in [4.69, 9.17) is 0 Å². The quantitative estimate of drug-likeness (QED) is 0.528. The summed E-state index contributed by atoms with van der Waals surface area (Å²) in [5, 5.41) is 7.01. The second kappa shape index (κ2) is 1.73. The number of hydrogen-bond donors (Lipinski definition) is 0. The molecule has 1 heterocycles. The van der Waals surface area contributed by atoms with Crippen molar-refractivity contribution in [3.63, 3.8) is 0 Å². The van der Waals surface area contributed by atoms with Crippen molar-refractivity contribution >= 4 is 11.6 Å². The van der Waals surface area contributed by atoms with Crippen molar-refractivity contribution < 1.29 is 4.79 Å². The number of azo groups is 1. The molecule has 0 aliphatic carbocycles. The van der Waals surface area contributed by atoms with Crippen LogP contribution in [0.3, 0.4) is 0 Å². The maximum atomic E-state index is 10.8. The van der Waals surface area contributed by atoms with Gasteiger partial charge in [0.05, 0.1) is 11.3 Å². The maximum Gasteiger partial charge on any atom is 0.297 e. The minimum atomic E-state index is -0.271. The summed E-state index contributed by atoms with van der Waals surface area (Å²) in [6.07, 6.45) is 0. The van der Waals surface area contributed by atoms with Gasteiger partial charge in [-0.25, -0.2) is 0 Å². The number of rotatable bonds is 0. The molecule has 1 aromatic rings. The summed E-state index contributed by atoms with van der Waals surface area (Å²) in [6.45, 7) is 0. The van der Waals surface area contributed by atoms with Gasteiger partial charge in [-0.1, -0.05) is 6.07 Å². The van der Waals surface area contributed by atoms with E-state index in [1.807, 2.05) is 0 Å². The van der Waals surface area contributed by atoms with E-state index in [1.54, 1.807) is 18.2 Å². The molecule has 0 spiro atoms. The normalized spacial score (nSPS) is 13.8. The van der Waals surface area contributed by atoms with Crippen LogP contribution in [0.2, 0.25) is 0 Å². The van der Waals surface area contributed by atoms with Crippen molar-refractivity contribution in [2.75, 3.05) is 0 Å². The van der Waals surface area contributed by atoms with Gasteiger partial charge < -0.3 is 0 Å². The second-order valence-corrected chi connectivity index (χ2v) is 1.95. The van der Waals surface area contributed by atoms with Crippen molar-refractivity contribution in [2.45, 2.75) is 0 Å². The first-order valence-corrected chi connectivity index (χ1v) is 2.84. The number of carbonyl (C=O) groups excluding carboxylic acids is 1. The molecular weight excluding hydrogens is 128 g/mol. The van der Waals surface area contributed by atoms with Gasteiger partial charge in [-0.2, -0.15) is 0 Å². The topological polar surface area (TPSA) is 41.8 Å². The number of amides is 1. The molecule has 0 atom stereocenters. The zero-order valence-corrected chi connectivity index (χ0v) is 5.03. The first kappa shape index (κ1) is 5.29. The zero-order valence-electron chi connectivity index (χ0n) is 5.03. The molecule has 0 unspecified atom stereocenters. The lowest BCUT2D eigenvalue weighted by atomic mass is 10.2. The van der Waals surface area contributed by atoms with E-state index in [-0.39, 0.29) is 5.91 Å². The summed E-state index contributed by atoms with van der Waals surface area (Å²) < 4.78 is 0. The van der Waals surface area contributed by atoms with E-state index in [1.165, 1.54) is 0 Å². The first-order valence-electron chi connectivity index (χ1n) is 2.84. The van der Waals surface area contributed by atoms with E-state index >= 15 is 0 Å². The fourth-order valence-electron chi connectivity index (χ4n) is 0.834. The van der Waals surface area contributed by atoms with Gasteiger partial charge in [0.15, 0.2) is 0 Å². The van der Waals surface area contributed by atoms with E-state index in [9.17, 15) is 4.79 Å². The Bertz CT molecular complexity index is 317. The summed E-state index contributed by atoms with van der Waals surface area (Å²) in [5.41, 5.74) is 1.19.